The lowest BCUT2D eigenvalue weighted by Gasteiger charge is -2.10. The second kappa shape index (κ2) is 2.61. The van der Waals surface area contributed by atoms with Crippen molar-refractivity contribution in [2.45, 2.75) is 30.6 Å². The van der Waals surface area contributed by atoms with E-state index in [1.807, 2.05) is 6.92 Å². The first-order valence-electron chi connectivity index (χ1n) is 3.80. The Balaban J connectivity index is 2.57. The van der Waals surface area contributed by atoms with E-state index < -0.39 is 0 Å². The van der Waals surface area contributed by atoms with Crippen molar-refractivity contribution >= 4 is 28.6 Å². The van der Waals surface area contributed by atoms with Crippen LogP contribution in [0.5, 0.6) is 0 Å². The second-order valence-corrected chi connectivity index (χ2v) is 5.42. The number of hydrogen-bond donors (Lipinski definition) is 0. The number of halogens is 1. The molecule has 1 unspecified atom stereocenters. The number of rotatable bonds is 2. The van der Waals surface area contributed by atoms with Crippen LogP contribution in [0.4, 0.5) is 0 Å². The van der Waals surface area contributed by atoms with Gasteiger partial charge < -0.3 is 4.74 Å². The van der Waals surface area contributed by atoms with Gasteiger partial charge in [0.25, 0.3) is 0 Å². The summed E-state index contributed by atoms with van der Waals surface area (Å²) >= 11 is 2.21. The highest BCUT2D eigenvalue weighted by Crippen LogP contribution is 2.62. The normalized spacial score (nSPS) is 33.1. The van der Waals surface area contributed by atoms with E-state index in [1.54, 1.807) is 0 Å². The van der Waals surface area contributed by atoms with Gasteiger partial charge in [0.15, 0.2) is 0 Å². The van der Waals surface area contributed by atoms with Gasteiger partial charge in [0.1, 0.15) is 3.42 Å². The minimum absolute atomic E-state index is 0.0504. The van der Waals surface area contributed by atoms with Gasteiger partial charge in [-0.15, -0.1) is 0 Å². The number of carbonyl (C=O) groups is 1. The zero-order valence-electron chi connectivity index (χ0n) is 7.11. The van der Waals surface area contributed by atoms with Gasteiger partial charge >= 0.3 is 5.97 Å². The summed E-state index contributed by atoms with van der Waals surface area (Å²) in [7, 11) is 0. The van der Waals surface area contributed by atoms with E-state index in [0.29, 0.717) is 6.61 Å². The third-order valence-corrected chi connectivity index (χ3v) is 4.51. The minimum atomic E-state index is -0.235. The molecule has 1 aliphatic carbocycles. The van der Waals surface area contributed by atoms with Gasteiger partial charge in [-0.05, 0) is 18.8 Å². The predicted molar refractivity (Wildman–Crippen MR) is 51.8 cm³/mol. The Kier molecular flexibility index (Phi) is 2.20. The number of hydrogen-bond acceptors (Lipinski definition) is 2. The highest BCUT2D eigenvalue weighted by molar-refractivity contribution is 14.1. The summed E-state index contributed by atoms with van der Waals surface area (Å²) in [5.41, 5.74) is 0.139. The monoisotopic (exact) mass is 268 g/mol. The van der Waals surface area contributed by atoms with Gasteiger partial charge in [0.2, 0.25) is 0 Å². The smallest absolute Gasteiger partial charge is 0.322 e. The highest BCUT2D eigenvalue weighted by atomic mass is 127. The first-order chi connectivity index (χ1) is 4.94. The van der Waals surface area contributed by atoms with Crippen LogP contribution in [0, 0.1) is 5.41 Å². The fourth-order valence-electron chi connectivity index (χ4n) is 1.16. The van der Waals surface area contributed by atoms with Crippen molar-refractivity contribution in [3.05, 3.63) is 0 Å². The van der Waals surface area contributed by atoms with Crippen molar-refractivity contribution in [1.82, 2.24) is 0 Å². The van der Waals surface area contributed by atoms with E-state index in [4.69, 9.17) is 4.74 Å². The molecule has 1 saturated carbocycles. The summed E-state index contributed by atoms with van der Waals surface area (Å²) in [6.45, 7) is 6.51. The fourth-order valence-corrected chi connectivity index (χ4v) is 2.27. The van der Waals surface area contributed by atoms with E-state index in [0.717, 1.165) is 6.42 Å². The summed E-state index contributed by atoms with van der Waals surface area (Å²) < 4.78 is 4.72. The fraction of sp³-hybridized carbons (Fsp3) is 0.875. The summed E-state index contributed by atoms with van der Waals surface area (Å²) in [5.74, 6) is -0.0504. The number of alkyl halides is 1. The minimum Gasteiger partial charge on any atom is -0.465 e. The largest absolute Gasteiger partial charge is 0.465 e. The SMILES string of the molecule is CCOC(=O)C1(I)CC1(C)C. The standard InChI is InChI=1S/C8H13IO2/c1-4-11-6(10)8(9)5-7(8,2)3/h4-5H2,1-3H3. The number of esters is 1. The molecule has 1 atom stereocenters. The van der Waals surface area contributed by atoms with Gasteiger partial charge in [-0.3, -0.25) is 4.79 Å². The van der Waals surface area contributed by atoms with E-state index >= 15 is 0 Å². The average Bonchev–Trinajstić information content (AvgIpc) is 2.35. The van der Waals surface area contributed by atoms with Gasteiger partial charge in [0, 0.05) is 0 Å². The third-order valence-electron chi connectivity index (χ3n) is 2.23. The molecule has 11 heavy (non-hydrogen) atoms. The Morgan fingerprint density at radius 2 is 2.09 bits per heavy atom. The van der Waals surface area contributed by atoms with Gasteiger partial charge in [-0.25, -0.2) is 0 Å². The molecule has 0 bridgehead atoms. The van der Waals surface area contributed by atoms with Crippen molar-refractivity contribution in [3.63, 3.8) is 0 Å². The Bertz CT molecular complexity index is 189. The molecule has 2 nitrogen and oxygen atoms in total. The molecule has 0 spiro atoms. The molecule has 0 aliphatic heterocycles. The molecule has 0 radical (unpaired) electrons. The summed E-state index contributed by atoms with van der Waals surface area (Å²) in [4.78, 5) is 11.3. The summed E-state index contributed by atoms with van der Waals surface area (Å²) in [5, 5.41) is 0. The molecule has 1 fully saturated rings. The molecule has 3 heteroatoms. The Morgan fingerprint density at radius 1 is 1.64 bits per heavy atom. The molecule has 0 aromatic heterocycles. The maximum absolute atomic E-state index is 11.3. The first-order valence-corrected chi connectivity index (χ1v) is 4.88. The Morgan fingerprint density at radius 3 is 2.36 bits per heavy atom. The topological polar surface area (TPSA) is 26.3 Å². The third kappa shape index (κ3) is 1.39. The zero-order valence-corrected chi connectivity index (χ0v) is 9.27. The molecule has 1 rings (SSSR count). The molecule has 0 heterocycles. The predicted octanol–water partition coefficient (Wildman–Crippen LogP) is 2.15. The lowest BCUT2D eigenvalue weighted by molar-refractivity contribution is -0.143. The number of carbonyl (C=O) groups excluding carboxylic acids is 1. The van der Waals surface area contributed by atoms with Crippen LogP contribution in [0.1, 0.15) is 27.2 Å². The van der Waals surface area contributed by atoms with Crippen molar-refractivity contribution in [1.29, 1.82) is 0 Å². The van der Waals surface area contributed by atoms with E-state index in [9.17, 15) is 4.79 Å². The van der Waals surface area contributed by atoms with Crippen LogP contribution < -0.4 is 0 Å². The van der Waals surface area contributed by atoms with Crippen LogP contribution in [0.2, 0.25) is 0 Å². The molecular weight excluding hydrogens is 255 g/mol. The van der Waals surface area contributed by atoms with E-state index in [-0.39, 0.29) is 14.8 Å². The Labute approximate surface area is 80.8 Å². The first kappa shape index (κ1) is 9.29. The van der Waals surface area contributed by atoms with Crippen molar-refractivity contribution in [2.75, 3.05) is 6.61 Å². The molecule has 64 valence electrons. The zero-order chi connectivity index (χ0) is 8.70. The van der Waals surface area contributed by atoms with Crippen LogP contribution in [0.15, 0.2) is 0 Å². The lowest BCUT2D eigenvalue weighted by atomic mass is 10.1. The molecule has 0 amide bonds. The molecule has 0 aromatic rings. The molecule has 0 N–H and O–H groups in total. The summed E-state index contributed by atoms with van der Waals surface area (Å²) in [6, 6.07) is 0. The Hall–Kier alpha value is 0.200. The van der Waals surface area contributed by atoms with E-state index in [2.05, 4.69) is 36.4 Å². The maximum atomic E-state index is 11.3. The van der Waals surface area contributed by atoms with Crippen LogP contribution in [0.25, 0.3) is 0 Å². The lowest BCUT2D eigenvalue weighted by Crippen LogP contribution is -2.23. The van der Waals surface area contributed by atoms with Crippen LogP contribution in [0.3, 0.4) is 0 Å². The van der Waals surface area contributed by atoms with Crippen LogP contribution in [-0.4, -0.2) is 16.0 Å². The average molecular weight is 268 g/mol. The van der Waals surface area contributed by atoms with Crippen molar-refractivity contribution in [3.8, 4) is 0 Å². The van der Waals surface area contributed by atoms with Crippen molar-refractivity contribution in [2.24, 2.45) is 5.41 Å². The summed E-state index contributed by atoms with van der Waals surface area (Å²) in [6.07, 6.45) is 0.944. The molecule has 1 aliphatic rings. The molecule has 0 aromatic carbocycles. The van der Waals surface area contributed by atoms with Gasteiger partial charge in [-0.2, -0.15) is 0 Å². The van der Waals surface area contributed by atoms with Crippen molar-refractivity contribution < 1.29 is 9.53 Å². The second-order valence-electron chi connectivity index (χ2n) is 3.58. The van der Waals surface area contributed by atoms with Crippen LogP contribution >= 0.6 is 22.6 Å². The highest BCUT2D eigenvalue weighted by Gasteiger charge is 2.65. The molecule has 0 saturated heterocycles. The quantitative estimate of drug-likeness (QED) is 0.436. The van der Waals surface area contributed by atoms with Gasteiger partial charge in [-0.1, -0.05) is 36.4 Å². The number of ether oxygens (including phenoxy) is 1. The molecular formula is C8H13IO2. The van der Waals surface area contributed by atoms with E-state index in [1.165, 1.54) is 0 Å². The van der Waals surface area contributed by atoms with Crippen LogP contribution in [-0.2, 0) is 9.53 Å². The van der Waals surface area contributed by atoms with Gasteiger partial charge in [0.05, 0.1) is 6.61 Å². The maximum Gasteiger partial charge on any atom is 0.322 e.